The number of ketones is 1. The van der Waals surface area contributed by atoms with Crippen LogP contribution in [0.5, 0.6) is 0 Å². The summed E-state index contributed by atoms with van der Waals surface area (Å²) in [6.07, 6.45) is 1.42. The van der Waals surface area contributed by atoms with E-state index in [2.05, 4.69) is 5.32 Å². The number of carbonyl (C=O) groups is 3. The van der Waals surface area contributed by atoms with Crippen LogP contribution in [0.15, 0.2) is 47.1 Å². The first kappa shape index (κ1) is 21.2. The molecule has 160 valence electrons. The SMILES string of the molecule is Cc1cc(C(=O)CN2C(=O)NC(C)(c3ccco3)C2=O)c(C)n1-c1cc(Cl)cc(Cl)c1. The zero-order chi connectivity index (χ0) is 22.5. The summed E-state index contributed by atoms with van der Waals surface area (Å²) >= 11 is 12.3. The van der Waals surface area contributed by atoms with E-state index in [4.69, 9.17) is 27.6 Å². The first-order valence-electron chi connectivity index (χ1n) is 9.48. The summed E-state index contributed by atoms with van der Waals surface area (Å²) in [7, 11) is 0. The van der Waals surface area contributed by atoms with E-state index in [1.807, 2.05) is 11.5 Å². The number of Topliss-reactive ketones (excluding diaryl/α,β-unsaturated/α-hetero) is 1. The summed E-state index contributed by atoms with van der Waals surface area (Å²) in [5.74, 6) is -0.604. The van der Waals surface area contributed by atoms with Crippen molar-refractivity contribution in [3.05, 3.63) is 75.4 Å². The maximum absolute atomic E-state index is 13.1. The van der Waals surface area contributed by atoms with Crippen molar-refractivity contribution in [2.24, 2.45) is 0 Å². The van der Waals surface area contributed by atoms with Gasteiger partial charge in [0, 0.05) is 32.7 Å². The molecule has 1 atom stereocenters. The number of urea groups is 1. The highest BCUT2D eigenvalue weighted by Gasteiger charge is 2.51. The molecular formula is C22H19Cl2N3O4. The third-order valence-electron chi connectivity index (χ3n) is 5.43. The normalized spacial score (nSPS) is 18.5. The van der Waals surface area contributed by atoms with Crippen LogP contribution in [0.25, 0.3) is 5.69 Å². The fourth-order valence-electron chi connectivity index (χ4n) is 3.91. The number of rotatable bonds is 5. The molecule has 7 nitrogen and oxygen atoms in total. The van der Waals surface area contributed by atoms with Crippen molar-refractivity contribution in [1.82, 2.24) is 14.8 Å². The van der Waals surface area contributed by atoms with Crippen molar-refractivity contribution in [1.29, 1.82) is 0 Å². The van der Waals surface area contributed by atoms with Crippen LogP contribution >= 0.6 is 23.2 Å². The van der Waals surface area contributed by atoms with Gasteiger partial charge in [0.25, 0.3) is 5.91 Å². The third-order valence-corrected chi connectivity index (χ3v) is 5.86. The molecule has 3 amide bonds. The number of carbonyl (C=O) groups excluding carboxylic acids is 3. The van der Waals surface area contributed by atoms with Crippen LogP contribution < -0.4 is 5.32 Å². The molecule has 1 aliphatic rings. The van der Waals surface area contributed by atoms with E-state index in [0.29, 0.717) is 32.8 Å². The molecule has 3 aromatic rings. The van der Waals surface area contributed by atoms with E-state index >= 15 is 0 Å². The summed E-state index contributed by atoms with van der Waals surface area (Å²) in [6, 6.07) is 9.42. The van der Waals surface area contributed by atoms with Gasteiger partial charge < -0.3 is 14.3 Å². The van der Waals surface area contributed by atoms with Gasteiger partial charge in [0.1, 0.15) is 5.76 Å². The van der Waals surface area contributed by atoms with Crippen LogP contribution in [-0.4, -0.2) is 33.7 Å². The zero-order valence-electron chi connectivity index (χ0n) is 17.0. The number of hydrogen-bond acceptors (Lipinski definition) is 4. The molecule has 0 spiro atoms. The highest BCUT2D eigenvalue weighted by molar-refractivity contribution is 6.34. The molecule has 1 unspecified atom stereocenters. The molecule has 1 aliphatic heterocycles. The van der Waals surface area contributed by atoms with E-state index in [9.17, 15) is 14.4 Å². The maximum Gasteiger partial charge on any atom is 0.325 e. The quantitative estimate of drug-likeness (QED) is 0.444. The van der Waals surface area contributed by atoms with Gasteiger partial charge in [-0.15, -0.1) is 0 Å². The molecule has 0 saturated carbocycles. The van der Waals surface area contributed by atoms with Crippen LogP contribution in [-0.2, 0) is 10.3 Å². The summed E-state index contributed by atoms with van der Waals surface area (Å²) in [6.45, 7) is 4.79. The molecule has 0 radical (unpaired) electrons. The molecule has 9 heteroatoms. The van der Waals surface area contributed by atoms with Gasteiger partial charge in [-0.3, -0.25) is 14.5 Å². The van der Waals surface area contributed by atoms with Crippen molar-refractivity contribution in [3.63, 3.8) is 0 Å². The van der Waals surface area contributed by atoms with Gasteiger partial charge in [0.05, 0.1) is 12.8 Å². The molecule has 31 heavy (non-hydrogen) atoms. The van der Waals surface area contributed by atoms with Crippen LogP contribution in [0.3, 0.4) is 0 Å². The summed E-state index contributed by atoms with van der Waals surface area (Å²) in [4.78, 5) is 39.4. The van der Waals surface area contributed by atoms with Crippen molar-refractivity contribution < 1.29 is 18.8 Å². The predicted octanol–water partition coefficient (Wildman–Crippen LogP) is 4.64. The smallest absolute Gasteiger partial charge is 0.325 e. The Kier molecular flexibility index (Phi) is 5.19. The van der Waals surface area contributed by atoms with Gasteiger partial charge >= 0.3 is 6.03 Å². The molecule has 1 fully saturated rings. The second kappa shape index (κ2) is 7.59. The standard InChI is InChI=1S/C22H19Cl2N3O4/c1-12-7-17(13(2)27(12)16-9-14(23)8-15(24)10-16)18(28)11-26-20(29)22(3,25-21(26)30)19-5-4-6-31-19/h4-10H,11H2,1-3H3,(H,25,30). The molecular weight excluding hydrogens is 441 g/mol. The topological polar surface area (TPSA) is 84.6 Å². The minimum atomic E-state index is -1.35. The molecule has 3 heterocycles. The maximum atomic E-state index is 13.1. The minimum absolute atomic E-state index is 0.303. The second-order valence-electron chi connectivity index (χ2n) is 7.59. The van der Waals surface area contributed by atoms with Crippen LogP contribution in [0, 0.1) is 13.8 Å². The Morgan fingerprint density at radius 2 is 1.81 bits per heavy atom. The van der Waals surface area contributed by atoms with Crippen LogP contribution in [0.4, 0.5) is 4.79 Å². The Morgan fingerprint density at radius 3 is 2.42 bits per heavy atom. The number of aryl methyl sites for hydroxylation is 1. The lowest BCUT2D eigenvalue weighted by atomic mass is 9.99. The van der Waals surface area contributed by atoms with Gasteiger partial charge in [-0.2, -0.15) is 0 Å². The van der Waals surface area contributed by atoms with E-state index in [0.717, 1.165) is 10.6 Å². The molecule has 0 bridgehead atoms. The Morgan fingerprint density at radius 1 is 1.13 bits per heavy atom. The Bertz CT molecular complexity index is 1200. The lowest BCUT2D eigenvalue weighted by Crippen LogP contribution is -2.41. The predicted molar refractivity (Wildman–Crippen MR) is 116 cm³/mol. The molecule has 2 aromatic heterocycles. The number of nitrogens with zero attached hydrogens (tertiary/aromatic N) is 2. The lowest BCUT2D eigenvalue weighted by Gasteiger charge is -2.18. The zero-order valence-corrected chi connectivity index (χ0v) is 18.5. The first-order valence-corrected chi connectivity index (χ1v) is 10.2. The molecule has 4 rings (SSSR count). The molecule has 1 N–H and O–H groups in total. The number of furan rings is 1. The van der Waals surface area contributed by atoms with E-state index in [-0.39, 0.29) is 12.3 Å². The van der Waals surface area contributed by atoms with E-state index < -0.39 is 17.5 Å². The minimum Gasteiger partial charge on any atom is -0.466 e. The Labute approximate surface area is 188 Å². The second-order valence-corrected chi connectivity index (χ2v) is 8.47. The van der Waals surface area contributed by atoms with E-state index in [1.165, 1.54) is 6.26 Å². The average molecular weight is 460 g/mol. The number of halogens is 2. The summed E-state index contributed by atoms with van der Waals surface area (Å²) in [5, 5.41) is 3.56. The van der Waals surface area contributed by atoms with Gasteiger partial charge in [0.2, 0.25) is 0 Å². The van der Waals surface area contributed by atoms with Crippen molar-refractivity contribution in [2.75, 3.05) is 6.54 Å². The number of nitrogens with one attached hydrogen (secondary N) is 1. The third kappa shape index (κ3) is 3.54. The highest BCUT2D eigenvalue weighted by Crippen LogP contribution is 2.30. The van der Waals surface area contributed by atoms with Crippen LogP contribution in [0.1, 0.15) is 34.4 Å². The summed E-state index contributed by atoms with van der Waals surface area (Å²) in [5.41, 5.74) is 1.21. The van der Waals surface area contributed by atoms with Gasteiger partial charge in [-0.05, 0) is 57.2 Å². The fourth-order valence-corrected chi connectivity index (χ4v) is 4.42. The Balaban J connectivity index is 1.63. The molecule has 0 aliphatic carbocycles. The number of aromatic nitrogens is 1. The van der Waals surface area contributed by atoms with Crippen molar-refractivity contribution in [2.45, 2.75) is 26.3 Å². The largest absolute Gasteiger partial charge is 0.466 e. The first-order chi connectivity index (χ1) is 14.6. The number of hydrogen-bond donors (Lipinski definition) is 1. The molecule has 1 aromatic carbocycles. The highest BCUT2D eigenvalue weighted by atomic mass is 35.5. The number of amides is 3. The summed E-state index contributed by atoms with van der Waals surface area (Å²) < 4.78 is 7.16. The van der Waals surface area contributed by atoms with Crippen LogP contribution in [0.2, 0.25) is 10.0 Å². The van der Waals surface area contributed by atoms with Gasteiger partial charge in [-0.1, -0.05) is 23.2 Å². The fraction of sp³-hybridized carbons (Fsp3) is 0.227. The van der Waals surface area contributed by atoms with E-state index in [1.54, 1.807) is 50.2 Å². The van der Waals surface area contributed by atoms with Gasteiger partial charge in [-0.25, -0.2) is 4.79 Å². The molecule has 1 saturated heterocycles. The monoisotopic (exact) mass is 459 g/mol. The number of benzene rings is 1. The lowest BCUT2D eigenvalue weighted by molar-refractivity contribution is -0.131. The van der Waals surface area contributed by atoms with Crippen molar-refractivity contribution >= 4 is 40.9 Å². The number of imide groups is 1. The Hall–Kier alpha value is -3.03. The van der Waals surface area contributed by atoms with Crippen molar-refractivity contribution in [3.8, 4) is 5.69 Å². The average Bonchev–Trinajstić information content (AvgIpc) is 3.37. The van der Waals surface area contributed by atoms with Gasteiger partial charge in [0.15, 0.2) is 11.3 Å².